The lowest BCUT2D eigenvalue weighted by atomic mass is 9.84. The van der Waals surface area contributed by atoms with Gasteiger partial charge in [0, 0.05) is 30.7 Å². The lowest BCUT2D eigenvalue weighted by Gasteiger charge is -2.22. The van der Waals surface area contributed by atoms with Crippen LogP contribution < -0.4 is 10.9 Å². The molecule has 1 aliphatic rings. The van der Waals surface area contributed by atoms with Gasteiger partial charge in [-0.2, -0.15) is 5.10 Å². The summed E-state index contributed by atoms with van der Waals surface area (Å²) < 4.78 is 1.75. The molecule has 5 rings (SSSR count). The summed E-state index contributed by atoms with van der Waals surface area (Å²) in [7, 11) is 1.88. The Labute approximate surface area is 175 Å². The second-order valence-corrected chi connectivity index (χ2v) is 8.11. The Bertz CT molecular complexity index is 1230. The molecule has 0 saturated heterocycles. The van der Waals surface area contributed by atoms with Gasteiger partial charge in [0.15, 0.2) is 0 Å². The predicted molar refractivity (Wildman–Crippen MR) is 120 cm³/mol. The van der Waals surface area contributed by atoms with Crippen molar-refractivity contribution in [2.24, 2.45) is 7.05 Å². The molecule has 1 aromatic carbocycles. The average Bonchev–Trinajstić information content (AvgIpc) is 3.21. The summed E-state index contributed by atoms with van der Waals surface area (Å²) in [5.74, 6) is 1.22. The zero-order valence-corrected chi connectivity index (χ0v) is 17.1. The standard InChI is InChI=1S/C24H25N5O/c1-29-15-19(14-26-29)21-13-18-11-12-25-24(30)22(18)23(28-21)27-20-9-7-17(8-10-20)16-5-3-2-4-6-16/h7-16H,2-6H2,1H3,(H,25,30)(H,27,28). The highest BCUT2D eigenvalue weighted by atomic mass is 16.1. The van der Waals surface area contributed by atoms with Gasteiger partial charge in [0.05, 0.1) is 17.3 Å². The molecule has 2 N–H and O–H groups in total. The fourth-order valence-electron chi connectivity index (χ4n) is 4.42. The number of anilines is 2. The van der Waals surface area contributed by atoms with Gasteiger partial charge in [-0.3, -0.25) is 9.48 Å². The first kappa shape index (κ1) is 18.6. The van der Waals surface area contributed by atoms with Gasteiger partial charge in [-0.15, -0.1) is 0 Å². The Hall–Kier alpha value is -3.41. The molecule has 1 fully saturated rings. The second kappa shape index (κ2) is 7.78. The minimum Gasteiger partial charge on any atom is -0.340 e. The zero-order valence-electron chi connectivity index (χ0n) is 17.1. The maximum Gasteiger partial charge on any atom is 0.259 e. The first-order valence-corrected chi connectivity index (χ1v) is 10.6. The molecule has 0 aliphatic heterocycles. The molecular formula is C24H25N5O. The molecule has 1 saturated carbocycles. The monoisotopic (exact) mass is 399 g/mol. The van der Waals surface area contributed by atoms with E-state index in [0.29, 0.717) is 17.1 Å². The van der Waals surface area contributed by atoms with Crippen LogP contribution in [-0.4, -0.2) is 19.7 Å². The second-order valence-electron chi connectivity index (χ2n) is 8.11. The molecule has 1 aliphatic carbocycles. The van der Waals surface area contributed by atoms with Crippen LogP contribution in [0.4, 0.5) is 11.5 Å². The number of benzene rings is 1. The molecule has 0 bridgehead atoms. The van der Waals surface area contributed by atoms with Crippen molar-refractivity contribution >= 4 is 22.3 Å². The predicted octanol–water partition coefficient (Wildman–Crippen LogP) is 5.11. The van der Waals surface area contributed by atoms with Crippen LogP contribution in [0.25, 0.3) is 22.0 Å². The SMILES string of the molecule is Cn1cc(-c2cc3cc[nH]c(=O)c3c(Nc3ccc(C4CCCCC4)cc3)n2)cn1. The highest BCUT2D eigenvalue weighted by Crippen LogP contribution is 2.33. The molecule has 0 radical (unpaired) electrons. The van der Waals surface area contributed by atoms with Crippen molar-refractivity contribution in [2.75, 3.05) is 5.32 Å². The molecule has 152 valence electrons. The highest BCUT2D eigenvalue weighted by molar-refractivity contribution is 5.95. The van der Waals surface area contributed by atoms with Crippen LogP contribution >= 0.6 is 0 Å². The Balaban J connectivity index is 1.52. The maximum absolute atomic E-state index is 12.6. The maximum atomic E-state index is 12.6. The lowest BCUT2D eigenvalue weighted by Crippen LogP contribution is -2.09. The van der Waals surface area contributed by atoms with E-state index in [-0.39, 0.29) is 5.56 Å². The van der Waals surface area contributed by atoms with Crippen LogP contribution in [0.1, 0.15) is 43.6 Å². The number of aryl methyl sites for hydroxylation is 1. The van der Waals surface area contributed by atoms with Crippen molar-refractivity contribution in [1.29, 1.82) is 0 Å². The van der Waals surface area contributed by atoms with E-state index in [9.17, 15) is 4.79 Å². The number of nitrogens with one attached hydrogen (secondary N) is 2. The van der Waals surface area contributed by atoms with Crippen molar-refractivity contribution in [2.45, 2.75) is 38.0 Å². The number of hydrogen-bond acceptors (Lipinski definition) is 4. The van der Waals surface area contributed by atoms with Crippen LogP contribution in [0, 0.1) is 0 Å². The number of aromatic nitrogens is 4. The molecular weight excluding hydrogens is 374 g/mol. The minimum absolute atomic E-state index is 0.154. The first-order chi connectivity index (χ1) is 14.7. The third-order valence-electron chi connectivity index (χ3n) is 6.00. The number of nitrogens with zero attached hydrogens (tertiary/aromatic N) is 3. The molecule has 30 heavy (non-hydrogen) atoms. The minimum atomic E-state index is -0.154. The normalized spacial score (nSPS) is 14.8. The molecule has 0 unspecified atom stereocenters. The summed E-state index contributed by atoms with van der Waals surface area (Å²) in [6.07, 6.45) is 11.9. The van der Waals surface area contributed by atoms with Crippen LogP contribution in [0.3, 0.4) is 0 Å². The number of rotatable bonds is 4. The van der Waals surface area contributed by atoms with Crippen LogP contribution in [0.5, 0.6) is 0 Å². The molecule has 6 nitrogen and oxygen atoms in total. The average molecular weight is 399 g/mol. The number of fused-ring (bicyclic) bond motifs is 1. The van der Waals surface area contributed by atoms with E-state index >= 15 is 0 Å². The largest absolute Gasteiger partial charge is 0.340 e. The Morgan fingerprint density at radius 1 is 1.10 bits per heavy atom. The third kappa shape index (κ3) is 3.61. The molecule has 3 aromatic heterocycles. The van der Waals surface area contributed by atoms with Gasteiger partial charge < -0.3 is 10.3 Å². The summed E-state index contributed by atoms with van der Waals surface area (Å²) in [5, 5.41) is 9.02. The number of H-pyrrole nitrogens is 1. The van der Waals surface area contributed by atoms with Crippen LogP contribution in [0.2, 0.25) is 0 Å². The molecule has 6 heteroatoms. The Kier molecular flexibility index (Phi) is 4.83. The van der Waals surface area contributed by atoms with E-state index < -0.39 is 0 Å². The van der Waals surface area contributed by atoms with Crippen molar-refractivity contribution in [3.8, 4) is 11.3 Å². The summed E-state index contributed by atoms with van der Waals surface area (Å²) in [6, 6.07) is 12.4. The molecule has 0 spiro atoms. The lowest BCUT2D eigenvalue weighted by molar-refractivity contribution is 0.443. The summed E-state index contributed by atoms with van der Waals surface area (Å²) in [5.41, 5.74) is 3.87. The van der Waals surface area contributed by atoms with Gasteiger partial charge in [0.1, 0.15) is 5.82 Å². The van der Waals surface area contributed by atoms with E-state index in [1.807, 2.05) is 25.4 Å². The summed E-state index contributed by atoms with van der Waals surface area (Å²) in [6.45, 7) is 0. The van der Waals surface area contributed by atoms with Crippen molar-refractivity contribution < 1.29 is 0 Å². The van der Waals surface area contributed by atoms with Crippen LogP contribution in [-0.2, 0) is 7.05 Å². The van der Waals surface area contributed by atoms with Crippen molar-refractivity contribution in [3.63, 3.8) is 0 Å². The van der Waals surface area contributed by atoms with E-state index in [1.54, 1.807) is 17.1 Å². The van der Waals surface area contributed by atoms with Gasteiger partial charge >= 0.3 is 0 Å². The topological polar surface area (TPSA) is 75.6 Å². The number of aromatic amines is 1. The van der Waals surface area contributed by atoms with Gasteiger partial charge in [-0.1, -0.05) is 31.4 Å². The van der Waals surface area contributed by atoms with Gasteiger partial charge in [-0.25, -0.2) is 4.98 Å². The molecule has 3 heterocycles. The highest BCUT2D eigenvalue weighted by Gasteiger charge is 2.16. The fourth-order valence-corrected chi connectivity index (χ4v) is 4.42. The molecule has 0 amide bonds. The quantitative estimate of drug-likeness (QED) is 0.500. The fraction of sp³-hybridized carbons (Fsp3) is 0.292. The summed E-state index contributed by atoms with van der Waals surface area (Å²) in [4.78, 5) is 20.1. The van der Waals surface area contributed by atoms with Crippen molar-refractivity contribution in [3.05, 3.63) is 70.9 Å². The van der Waals surface area contributed by atoms with E-state index in [4.69, 9.17) is 4.98 Å². The molecule has 4 aromatic rings. The number of pyridine rings is 2. The summed E-state index contributed by atoms with van der Waals surface area (Å²) >= 11 is 0. The zero-order chi connectivity index (χ0) is 20.5. The van der Waals surface area contributed by atoms with E-state index in [1.165, 1.54) is 37.7 Å². The molecule has 0 atom stereocenters. The van der Waals surface area contributed by atoms with Crippen LogP contribution in [0.15, 0.2) is 59.8 Å². The van der Waals surface area contributed by atoms with Crippen molar-refractivity contribution in [1.82, 2.24) is 19.7 Å². The van der Waals surface area contributed by atoms with Gasteiger partial charge in [0.2, 0.25) is 0 Å². The van der Waals surface area contributed by atoms with E-state index in [0.717, 1.165) is 22.3 Å². The first-order valence-electron chi connectivity index (χ1n) is 10.6. The smallest absolute Gasteiger partial charge is 0.259 e. The van der Waals surface area contributed by atoms with E-state index in [2.05, 4.69) is 39.7 Å². The Morgan fingerprint density at radius 3 is 2.63 bits per heavy atom. The van der Waals surface area contributed by atoms with Gasteiger partial charge in [0.25, 0.3) is 5.56 Å². The third-order valence-corrected chi connectivity index (χ3v) is 6.00. The van der Waals surface area contributed by atoms with Gasteiger partial charge in [-0.05, 0) is 54.0 Å². The Morgan fingerprint density at radius 2 is 1.90 bits per heavy atom. The number of hydrogen-bond donors (Lipinski definition) is 2.